The van der Waals surface area contributed by atoms with Crippen molar-refractivity contribution in [1.29, 1.82) is 0 Å². The summed E-state index contributed by atoms with van der Waals surface area (Å²) in [5.74, 6) is 1.49. The summed E-state index contributed by atoms with van der Waals surface area (Å²) in [7, 11) is 4.89. The van der Waals surface area contributed by atoms with E-state index in [1.54, 1.807) is 21.3 Å². The molecule has 3 heterocycles. The fraction of sp³-hybridized carbons (Fsp3) is 0.400. The Morgan fingerprint density at radius 1 is 0.468 bits per heavy atom. The molecule has 0 bridgehead atoms. The lowest BCUT2D eigenvalue weighted by Gasteiger charge is -2.51. The molecule has 0 unspecified atom stereocenters. The molecule has 12 heteroatoms. The predicted molar refractivity (Wildman–Crippen MR) is 228 cm³/mol. The van der Waals surface area contributed by atoms with Crippen LogP contribution in [0.3, 0.4) is 0 Å². The molecule has 0 aliphatic carbocycles. The summed E-state index contributed by atoms with van der Waals surface area (Å²) < 4.78 is 78.0. The molecular formula is C50H56O12. The van der Waals surface area contributed by atoms with Gasteiger partial charge in [0.2, 0.25) is 0 Å². The van der Waals surface area contributed by atoms with E-state index in [-0.39, 0.29) is 26.4 Å². The molecule has 3 fully saturated rings. The summed E-state index contributed by atoms with van der Waals surface area (Å²) in [4.78, 5) is 0. The first kappa shape index (κ1) is 43.9. The quantitative estimate of drug-likeness (QED) is 0.0854. The second-order valence-corrected chi connectivity index (χ2v) is 15.5. The van der Waals surface area contributed by atoms with Crippen molar-refractivity contribution < 1.29 is 56.8 Å². The maximum absolute atomic E-state index is 7.26. The molecule has 0 amide bonds. The minimum atomic E-state index is -1.02. The highest BCUT2D eigenvalue weighted by molar-refractivity contribution is 5.28. The Kier molecular flexibility index (Phi) is 15.3. The van der Waals surface area contributed by atoms with Gasteiger partial charge in [0.1, 0.15) is 54.2 Å². The van der Waals surface area contributed by atoms with Gasteiger partial charge in [-0.2, -0.15) is 0 Å². The molecule has 12 nitrogen and oxygen atoms in total. The fourth-order valence-electron chi connectivity index (χ4n) is 8.04. The summed E-state index contributed by atoms with van der Waals surface area (Å²) >= 11 is 0. The Hall–Kier alpha value is -4.70. The van der Waals surface area contributed by atoms with Crippen LogP contribution >= 0.6 is 0 Å². The van der Waals surface area contributed by atoms with Crippen molar-refractivity contribution in [3.05, 3.63) is 167 Å². The van der Waals surface area contributed by atoms with Crippen LogP contribution in [-0.4, -0.2) is 89.3 Å². The first-order chi connectivity index (χ1) is 30.5. The normalized spacial score (nSPS) is 28.5. The average molecular weight is 849 g/mol. The van der Waals surface area contributed by atoms with Crippen molar-refractivity contribution in [3.8, 4) is 11.5 Å². The molecule has 5 aromatic carbocycles. The largest absolute Gasteiger partial charge is 0.497 e. The number of hydrogen-bond acceptors (Lipinski definition) is 12. The summed E-state index contributed by atoms with van der Waals surface area (Å²) in [6.45, 7) is 3.21. The highest BCUT2D eigenvalue weighted by Crippen LogP contribution is 2.40. The Labute approximate surface area is 363 Å². The van der Waals surface area contributed by atoms with Gasteiger partial charge in [-0.05, 0) is 53.4 Å². The van der Waals surface area contributed by atoms with Crippen LogP contribution in [0.25, 0.3) is 0 Å². The van der Waals surface area contributed by atoms with E-state index < -0.39 is 67.7 Å². The highest BCUT2D eigenvalue weighted by Gasteiger charge is 2.55. The van der Waals surface area contributed by atoms with Crippen LogP contribution in [0.15, 0.2) is 140 Å². The van der Waals surface area contributed by atoms with E-state index in [1.165, 1.54) is 0 Å². The molecule has 5 aromatic rings. The third kappa shape index (κ3) is 10.9. The van der Waals surface area contributed by atoms with Crippen molar-refractivity contribution >= 4 is 0 Å². The lowest BCUT2D eigenvalue weighted by molar-refractivity contribution is -0.396. The second kappa shape index (κ2) is 21.6. The van der Waals surface area contributed by atoms with Crippen LogP contribution < -0.4 is 9.47 Å². The van der Waals surface area contributed by atoms with Gasteiger partial charge in [0.05, 0.1) is 53.4 Å². The number of methoxy groups -OCH3 is 3. The summed E-state index contributed by atoms with van der Waals surface area (Å²) in [5.41, 5.74) is 4.73. The second-order valence-electron chi connectivity index (χ2n) is 15.5. The average Bonchev–Trinajstić information content (AvgIpc) is 3.33. The molecule has 0 spiro atoms. The molecular weight excluding hydrogens is 793 g/mol. The third-order valence-corrected chi connectivity index (χ3v) is 11.4. The van der Waals surface area contributed by atoms with Gasteiger partial charge < -0.3 is 56.8 Å². The van der Waals surface area contributed by atoms with E-state index in [9.17, 15) is 0 Å². The maximum Gasteiger partial charge on any atom is 0.187 e. The Morgan fingerprint density at radius 2 is 0.935 bits per heavy atom. The van der Waals surface area contributed by atoms with Crippen molar-refractivity contribution in [3.63, 3.8) is 0 Å². The third-order valence-electron chi connectivity index (χ3n) is 11.4. The lowest BCUT2D eigenvalue weighted by atomic mass is 9.95. The molecule has 0 aromatic heterocycles. The number of fused-ring (bicyclic) bond motifs is 1. The Bertz CT molecular complexity index is 2060. The zero-order chi connectivity index (χ0) is 42.7. The topological polar surface area (TPSA) is 111 Å². The molecule has 11 atom stereocenters. The smallest absolute Gasteiger partial charge is 0.187 e. The van der Waals surface area contributed by atoms with Gasteiger partial charge in [-0.15, -0.1) is 0 Å². The van der Waals surface area contributed by atoms with Crippen LogP contribution in [0.2, 0.25) is 0 Å². The van der Waals surface area contributed by atoms with Crippen molar-refractivity contribution in [1.82, 2.24) is 0 Å². The first-order valence-corrected chi connectivity index (χ1v) is 21.1. The molecule has 62 heavy (non-hydrogen) atoms. The van der Waals surface area contributed by atoms with Gasteiger partial charge in [-0.3, -0.25) is 0 Å². The van der Waals surface area contributed by atoms with Crippen molar-refractivity contribution in [2.45, 2.75) is 101 Å². The van der Waals surface area contributed by atoms with Gasteiger partial charge in [-0.25, -0.2) is 0 Å². The molecule has 3 aliphatic heterocycles. The van der Waals surface area contributed by atoms with Gasteiger partial charge in [0, 0.05) is 12.7 Å². The van der Waals surface area contributed by atoms with Crippen LogP contribution in [0.1, 0.15) is 41.0 Å². The van der Waals surface area contributed by atoms with Crippen LogP contribution in [0, 0.1) is 0 Å². The van der Waals surface area contributed by atoms with Gasteiger partial charge in [0.15, 0.2) is 18.9 Å². The van der Waals surface area contributed by atoms with Crippen LogP contribution in [0.5, 0.6) is 11.5 Å². The molecule has 0 N–H and O–H groups in total. The fourth-order valence-corrected chi connectivity index (χ4v) is 8.04. The minimum absolute atomic E-state index is 0.211. The predicted octanol–water partition coefficient (Wildman–Crippen LogP) is 7.96. The molecule has 328 valence electrons. The van der Waals surface area contributed by atoms with Crippen LogP contribution in [0.4, 0.5) is 0 Å². The van der Waals surface area contributed by atoms with Crippen molar-refractivity contribution in [2.24, 2.45) is 0 Å². The molecule has 8 rings (SSSR count). The molecule has 0 radical (unpaired) electrons. The molecule has 0 saturated carbocycles. The SMILES string of the molecule is COc1ccc(CO[C@H]2[C@H]3O[C@@H](c4ccccc4)OC[C@H]3O[C@H](O[C@@H]3[C@@H](OCc4ccccc4)[C@H](C)O[C@@H](OC)[C@@H]3OCc3ccccc3)[C@@H]2OCc2ccc(OC)cc2)cc1. The Balaban J connectivity index is 1.15. The minimum Gasteiger partial charge on any atom is -0.497 e. The molecule has 3 aliphatic rings. The maximum atomic E-state index is 7.26. The van der Waals surface area contributed by atoms with Gasteiger partial charge in [-0.1, -0.05) is 115 Å². The van der Waals surface area contributed by atoms with E-state index in [0.29, 0.717) is 6.61 Å². The van der Waals surface area contributed by atoms with Gasteiger partial charge >= 0.3 is 0 Å². The standard InChI is InChI=1S/C50H56O12/c1-33-42(54-28-34-14-8-5-9-15-34)45(47(49(53-4)59-33)57-29-35-16-10-6-11-17-35)62-50-46(56-31-37-22-26-40(52-3)27-23-37)44(55-30-36-20-24-39(51-2)25-21-36)43-41(60-50)32-58-48(61-43)38-18-12-7-13-19-38/h5-27,33,41-50H,28-32H2,1-4H3/t33-,41+,42-,43-,44-,45+,46+,47+,48-,49+,50+/m0/s1. The van der Waals surface area contributed by atoms with E-state index >= 15 is 0 Å². The first-order valence-electron chi connectivity index (χ1n) is 21.1. The summed E-state index contributed by atoms with van der Waals surface area (Å²) in [6.07, 6.45) is -7.79. The summed E-state index contributed by atoms with van der Waals surface area (Å²) in [6, 6.07) is 45.3. The lowest BCUT2D eigenvalue weighted by Crippen LogP contribution is -2.66. The summed E-state index contributed by atoms with van der Waals surface area (Å²) in [5, 5.41) is 0. The van der Waals surface area contributed by atoms with E-state index in [4.69, 9.17) is 56.8 Å². The van der Waals surface area contributed by atoms with E-state index in [2.05, 4.69) is 0 Å². The number of hydrogen-bond donors (Lipinski definition) is 0. The zero-order valence-electron chi connectivity index (χ0n) is 35.6. The van der Waals surface area contributed by atoms with E-state index in [1.807, 2.05) is 146 Å². The van der Waals surface area contributed by atoms with E-state index in [0.717, 1.165) is 39.3 Å². The zero-order valence-corrected chi connectivity index (χ0v) is 35.6. The number of ether oxygens (including phenoxy) is 12. The van der Waals surface area contributed by atoms with Crippen molar-refractivity contribution in [2.75, 3.05) is 27.9 Å². The van der Waals surface area contributed by atoms with Gasteiger partial charge in [0.25, 0.3) is 0 Å². The Morgan fingerprint density at radius 3 is 1.45 bits per heavy atom. The number of benzene rings is 5. The number of rotatable bonds is 18. The highest BCUT2D eigenvalue weighted by atomic mass is 16.8. The monoisotopic (exact) mass is 848 g/mol. The molecule has 3 saturated heterocycles. The van der Waals surface area contributed by atoms with Crippen LogP contribution in [-0.2, 0) is 73.8 Å².